The molecule has 3 aromatic carbocycles. The highest BCUT2D eigenvalue weighted by Gasteiger charge is 2.06. The van der Waals surface area contributed by atoms with E-state index in [4.69, 9.17) is 0 Å². The van der Waals surface area contributed by atoms with Crippen molar-refractivity contribution >= 4 is 29.3 Å². The van der Waals surface area contributed by atoms with Gasteiger partial charge in [-0.1, -0.05) is 36.4 Å². The van der Waals surface area contributed by atoms with Crippen LogP contribution in [0.5, 0.6) is 0 Å². The molecule has 0 heterocycles. The highest BCUT2D eigenvalue weighted by molar-refractivity contribution is 6.05. The van der Waals surface area contributed by atoms with E-state index in [0.717, 1.165) is 0 Å². The third-order valence-corrected chi connectivity index (χ3v) is 3.77. The molecule has 27 heavy (non-hydrogen) atoms. The molecule has 0 aliphatic rings. The predicted octanol–water partition coefficient (Wildman–Crippen LogP) is 4.73. The molecule has 0 atom stereocenters. The minimum absolute atomic E-state index is 0.237. The summed E-state index contributed by atoms with van der Waals surface area (Å²) in [6.45, 7) is 0. The van der Waals surface area contributed by atoms with Gasteiger partial charge < -0.3 is 10.6 Å². The van der Waals surface area contributed by atoms with E-state index in [1.165, 1.54) is 18.2 Å². The SMILES string of the molecule is O=C(C=Cc1ccccc1F)Nc1ccc(C(=O)Nc2ccccc2)cc1. The minimum Gasteiger partial charge on any atom is -0.323 e. The van der Waals surface area contributed by atoms with Crippen LogP contribution < -0.4 is 10.6 Å². The monoisotopic (exact) mass is 360 g/mol. The summed E-state index contributed by atoms with van der Waals surface area (Å²) in [4.78, 5) is 24.2. The topological polar surface area (TPSA) is 58.2 Å². The summed E-state index contributed by atoms with van der Waals surface area (Å²) >= 11 is 0. The fourth-order valence-electron chi connectivity index (χ4n) is 2.39. The summed E-state index contributed by atoms with van der Waals surface area (Å²) in [5, 5.41) is 5.46. The van der Waals surface area contributed by atoms with Gasteiger partial charge in [-0.15, -0.1) is 0 Å². The van der Waals surface area contributed by atoms with Crippen LogP contribution >= 0.6 is 0 Å². The molecule has 0 unspecified atom stereocenters. The van der Waals surface area contributed by atoms with Crippen LogP contribution in [0.3, 0.4) is 0 Å². The van der Waals surface area contributed by atoms with Crippen LogP contribution in [0.4, 0.5) is 15.8 Å². The molecule has 134 valence electrons. The Balaban J connectivity index is 1.59. The van der Waals surface area contributed by atoms with Crippen LogP contribution in [0, 0.1) is 5.82 Å². The van der Waals surface area contributed by atoms with E-state index in [1.54, 1.807) is 54.6 Å². The Kier molecular flexibility index (Phi) is 5.74. The van der Waals surface area contributed by atoms with E-state index < -0.39 is 5.82 Å². The van der Waals surface area contributed by atoms with Gasteiger partial charge in [-0.3, -0.25) is 9.59 Å². The number of carbonyl (C=O) groups is 2. The number of rotatable bonds is 5. The second-order valence-corrected chi connectivity index (χ2v) is 5.74. The number of hydrogen-bond acceptors (Lipinski definition) is 2. The zero-order valence-electron chi connectivity index (χ0n) is 14.4. The maximum absolute atomic E-state index is 13.5. The van der Waals surface area contributed by atoms with Gasteiger partial charge in [0.05, 0.1) is 0 Å². The molecule has 0 aromatic heterocycles. The van der Waals surface area contributed by atoms with Crippen molar-refractivity contribution < 1.29 is 14.0 Å². The lowest BCUT2D eigenvalue weighted by Gasteiger charge is -2.06. The zero-order chi connectivity index (χ0) is 19.1. The average molecular weight is 360 g/mol. The number of amides is 2. The van der Waals surface area contributed by atoms with Crippen molar-refractivity contribution in [3.63, 3.8) is 0 Å². The second kappa shape index (κ2) is 8.58. The van der Waals surface area contributed by atoms with Gasteiger partial charge in [-0.25, -0.2) is 4.39 Å². The lowest BCUT2D eigenvalue weighted by Crippen LogP contribution is -2.12. The smallest absolute Gasteiger partial charge is 0.255 e. The van der Waals surface area contributed by atoms with Gasteiger partial charge in [0.25, 0.3) is 5.91 Å². The number of carbonyl (C=O) groups excluding carboxylic acids is 2. The van der Waals surface area contributed by atoms with E-state index >= 15 is 0 Å². The van der Waals surface area contributed by atoms with Crippen molar-refractivity contribution in [1.82, 2.24) is 0 Å². The third kappa shape index (κ3) is 5.12. The van der Waals surface area contributed by atoms with Crippen LogP contribution in [0.2, 0.25) is 0 Å². The molecule has 4 nitrogen and oxygen atoms in total. The van der Waals surface area contributed by atoms with Crippen molar-refractivity contribution in [3.05, 3.63) is 102 Å². The van der Waals surface area contributed by atoms with Crippen molar-refractivity contribution in [2.75, 3.05) is 10.6 Å². The van der Waals surface area contributed by atoms with Crippen LogP contribution in [-0.2, 0) is 4.79 Å². The average Bonchev–Trinajstić information content (AvgIpc) is 2.69. The van der Waals surface area contributed by atoms with Crippen LogP contribution in [0.15, 0.2) is 84.9 Å². The van der Waals surface area contributed by atoms with Crippen molar-refractivity contribution in [3.8, 4) is 0 Å². The highest BCUT2D eigenvalue weighted by atomic mass is 19.1. The van der Waals surface area contributed by atoms with E-state index in [9.17, 15) is 14.0 Å². The quantitative estimate of drug-likeness (QED) is 0.646. The van der Waals surface area contributed by atoms with E-state index in [2.05, 4.69) is 10.6 Å². The first kappa shape index (κ1) is 18.1. The van der Waals surface area contributed by atoms with E-state index in [1.807, 2.05) is 18.2 Å². The Morgan fingerprint density at radius 1 is 0.741 bits per heavy atom. The van der Waals surface area contributed by atoms with Gasteiger partial charge in [0.15, 0.2) is 0 Å². The van der Waals surface area contributed by atoms with Crippen molar-refractivity contribution in [2.24, 2.45) is 0 Å². The summed E-state index contributed by atoms with van der Waals surface area (Å²) in [5.41, 5.74) is 2.05. The van der Waals surface area contributed by atoms with Crippen LogP contribution in [-0.4, -0.2) is 11.8 Å². The first-order chi connectivity index (χ1) is 13.1. The lowest BCUT2D eigenvalue weighted by molar-refractivity contribution is -0.111. The van der Waals surface area contributed by atoms with Crippen molar-refractivity contribution in [2.45, 2.75) is 0 Å². The largest absolute Gasteiger partial charge is 0.323 e. The number of hydrogen-bond donors (Lipinski definition) is 2. The molecule has 0 saturated carbocycles. The molecular formula is C22H17FN2O2. The Bertz CT molecular complexity index is 967. The van der Waals surface area contributed by atoms with Gasteiger partial charge >= 0.3 is 0 Å². The first-order valence-electron chi connectivity index (χ1n) is 8.32. The number of halogens is 1. The molecule has 0 radical (unpaired) electrons. The van der Waals surface area contributed by atoms with Gasteiger partial charge in [0.2, 0.25) is 5.91 Å². The van der Waals surface area contributed by atoms with Gasteiger partial charge in [0.1, 0.15) is 5.82 Å². The Labute approximate surface area is 156 Å². The molecule has 2 N–H and O–H groups in total. The van der Waals surface area contributed by atoms with Crippen molar-refractivity contribution in [1.29, 1.82) is 0 Å². The summed E-state index contributed by atoms with van der Waals surface area (Å²) < 4.78 is 13.5. The third-order valence-electron chi connectivity index (χ3n) is 3.77. The van der Waals surface area contributed by atoms with Gasteiger partial charge in [-0.2, -0.15) is 0 Å². The molecule has 2 amide bonds. The summed E-state index contributed by atoms with van der Waals surface area (Å²) in [6, 6.07) is 21.8. The van der Waals surface area contributed by atoms with E-state index in [-0.39, 0.29) is 11.8 Å². The van der Waals surface area contributed by atoms with Crippen LogP contribution in [0.25, 0.3) is 6.08 Å². The molecule has 0 aliphatic carbocycles. The fraction of sp³-hybridized carbons (Fsp3) is 0. The Morgan fingerprint density at radius 3 is 2.07 bits per heavy atom. The molecule has 0 saturated heterocycles. The first-order valence-corrected chi connectivity index (χ1v) is 8.32. The standard InChI is InChI=1S/C22H17FN2O2/c23-20-9-5-4-6-16(20)12-15-21(26)24-19-13-10-17(11-14-19)22(27)25-18-7-2-1-3-8-18/h1-15H,(H,24,26)(H,25,27). The minimum atomic E-state index is -0.393. The molecule has 0 fully saturated rings. The molecule has 0 bridgehead atoms. The maximum atomic E-state index is 13.5. The number of nitrogens with one attached hydrogen (secondary N) is 2. The molecule has 0 aliphatic heterocycles. The maximum Gasteiger partial charge on any atom is 0.255 e. The molecular weight excluding hydrogens is 343 g/mol. The fourth-order valence-corrected chi connectivity index (χ4v) is 2.39. The Morgan fingerprint density at radius 2 is 1.37 bits per heavy atom. The predicted molar refractivity (Wildman–Crippen MR) is 105 cm³/mol. The summed E-state index contributed by atoms with van der Waals surface area (Å²) in [7, 11) is 0. The Hall–Kier alpha value is -3.73. The molecule has 3 rings (SSSR count). The number of anilines is 2. The summed E-state index contributed by atoms with van der Waals surface area (Å²) in [6.07, 6.45) is 2.67. The van der Waals surface area contributed by atoms with E-state index in [0.29, 0.717) is 22.5 Å². The molecule has 5 heteroatoms. The zero-order valence-corrected chi connectivity index (χ0v) is 14.4. The molecule has 0 spiro atoms. The van der Waals surface area contributed by atoms with Gasteiger partial charge in [0, 0.05) is 28.6 Å². The normalized spacial score (nSPS) is 10.6. The second-order valence-electron chi connectivity index (χ2n) is 5.74. The highest BCUT2D eigenvalue weighted by Crippen LogP contribution is 2.13. The number of benzene rings is 3. The lowest BCUT2D eigenvalue weighted by atomic mass is 10.2. The number of para-hydroxylation sites is 1. The van der Waals surface area contributed by atoms with Crippen LogP contribution in [0.1, 0.15) is 15.9 Å². The molecule has 3 aromatic rings. The van der Waals surface area contributed by atoms with Gasteiger partial charge in [-0.05, 0) is 48.5 Å². The summed E-state index contributed by atoms with van der Waals surface area (Å²) in [5.74, 6) is -1.02.